The van der Waals surface area contributed by atoms with Gasteiger partial charge < -0.3 is 10.5 Å². The number of aromatic nitrogens is 2. The van der Waals surface area contributed by atoms with Gasteiger partial charge in [-0.3, -0.25) is 9.18 Å². The molecular formula is C30H25F4N3O4S. The SMILES string of the molecule is Cc1cc(Oc2ccccc2F)cc(F)c1-n1ncc(C(=O)C2=Cc3cc(F)c(CS(=O)(=O)CCCF)cc3C2)c1N. The van der Waals surface area contributed by atoms with E-state index in [2.05, 4.69) is 5.10 Å². The van der Waals surface area contributed by atoms with Crippen LogP contribution in [-0.4, -0.2) is 36.4 Å². The maximum atomic E-state index is 15.2. The largest absolute Gasteiger partial charge is 0.454 e. The molecule has 0 fully saturated rings. The molecule has 1 heterocycles. The lowest BCUT2D eigenvalue weighted by atomic mass is 10.0. The van der Waals surface area contributed by atoms with Crippen LogP contribution < -0.4 is 10.5 Å². The molecule has 1 aliphatic carbocycles. The minimum absolute atomic E-state index is 0.00552. The van der Waals surface area contributed by atoms with Crippen LogP contribution in [0, 0.1) is 24.4 Å². The molecule has 0 aliphatic heterocycles. The van der Waals surface area contributed by atoms with E-state index in [1.54, 1.807) is 13.0 Å². The fourth-order valence-electron chi connectivity index (χ4n) is 4.83. The smallest absolute Gasteiger partial charge is 0.194 e. The minimum Gasteiger partial charge on any atom is -0.454 e. The predicted molar refractivity (Wildman–Crippen MR) is 150 cm³/mol. The number of nitrogens with zero attached hydrogens (tertiary/aromatic N) is 2. The van der Waals surface area contributed by atoms with Gasteiger partial charge in [0, 0.05) is 23.6 Å². The number of anilines is 1. The summed E-state index contributed by atoms with van der Waals surface area (Å²) in [5.74, 6) is -3.77. The molecular weight excluding hydrogens is 574 g/mol. The average Bonchev–Trinajstić information content (AvgIpc) is 3.51. The Bertz CT molecular complexity index is 1830. The zero-order valence-corrected chi connectivity index (χ0v) is 23.2. The second-order valence-corrected chi connectivity index (χ2v) is 12.1. The van der Waals surface area contributed by atoms with Gasteiger partial charge in [-0.15, -0.1) is 0 Å². The Morgan fingerprint density at radius 2 is 1.83 bits per heavy atom. The fourth-order valence-corrected chi connectivity index (χ4v) is 6.21. The molecule has 42 heavy (non-hydrogen) atoms. The van der Waals surface area contributed by atoms with E-state index in [0.29, 0.717) is 16.7 Å². The number of hydrogen-bond donors (Lipinski definition) is 1. The molecule has 0 atom stereocenters. The van der Waals surface area contributed by atoms with Crippen molar-refractivity contribution in [2.24, 2.45) is 0 Å². The van der Waals surface area contributed by atoms with Crippen LogP contribution >= 0.6 is 0 Å². The second-order valence-electron chi connectivity index (χ2n) is 9.91. The Morgan fingerprint density at radius 3 is 2.55 bits per heavy atom. The molecule has 12 heteroatoms. The van der Waals surface area contributed by atoms with Gasteiger partial charge in [-0.25, -0.2) is 26.3 Å². The lowest BCUT2D eigenvalue weighted by Crippen LogP contribution is -2.12. The van der Waals surface area contributed by atoms with Crippen molar-refractivity contribution in [3.63, 3.8) is 0 Å². The van der Waals surface area contributed by atoms with Crippen LogP contribution in [-0.2, 0) is 22.0 Å². The first-order valence-electron chi connectivity index (χ1n) is 12.9. The molecule has 0 radical (unpaired) electrons. The number of sulfone groups is 1. The van der Waals surface area contributed by atoms with Gasteiger partial charge in [0.15, 0.2) is 33.0 Å². The molecule has 7 nitrogen and oxygen atoms in total. The maximum Gasteiger partial charge on any atom is 0.194 e. The van der Waals surface area contributed by atoms with Gasteiger partial charge in [0.1, 0.15) is 23.1 Å². The summed E-state index contributed by atoms with van der Waals surface area (Å²) in [6.07, 6.45) is 2.61. The molecule has 0 saturated carbocycles. The van der Waals surface area contributed by atoms with Crippen molar-refractivity contribution < 1.29 is 35.5 Å². The van der Waals surface area contributed by atoms with Crippen molar-refractivity contribution in [3.05, 3.63) is 106 Å². The molecule has 218 valence electrons. The summed E-state index contributed by atoms with van der Waals surface area (Å²) in [6, 6.07) is 10.8. The Balaban J connectivity index is 1.37. The first-order chi connectivity index (χ1) is 20.0. The number of benzene rings is 3. The second kappa shape index (κ2) is 11.4. The number of ketones is 1. The zero-order valence-electron chi connectivity index (χ0n) is 22.3. The van der Waals surface area contributed by atoms with E-state index in [0.717, 1.165) is 16.8 Å². The molecule has 3 aromatic carbocycles. The van der Waals surface area contributed by atoms with E-state index in [1.165, 1.54) is 42.6 Å². The highest BCUT2D eigenvalue weighted by atomic mass is 32.2. The highest BCUT2D eigenvalue weighted by Crippen LogP contribution is 2.34. The lowest BCUT2D eigenvalue weighted by molar-refractivity contribution is 0.103. The number of halogens is 4. The van der Waals surface area contributed by atoms with Crippen molar-refractivity contribution >= 4 is 27.5 Å². The van der Waals surface area contributed by atoms with E-state index < -0.39 is 51.3 Å². The van der Waals surface area contributed by atoms with E-state index in [-0.39, 0.29) is 52.5 Å². The van der Waals surface area contributed by atoms with Crippen molar-refractivity contribution in [3.8, 4) is 17.2 Å². The van der Waals surface area contributed by atoms with E-state index in [1.807, 2.05) is 0 Å². The first kappa shape index (κ1) is 29.1. The molecule has 1 aliphatic rings. The topological polar surface area (TPSA) is 104 Å². The van der Waals surface area contributed by atoms with E-state index >= 15 is 4.39 Å². The number of nitrogens with two attached hydrogens (primary N) is 1. The van der Waals surface area contributed by atoms with Crippen LogP contribution in [0.5, 0.6) is 11.5 Å². The Hall–Kier alpha value is -4.45. The summed E-state index contributed by atoms with van der Waals surface area (Å²) in [4.78, 5) is 13.4. The molecule has 5 rings (SSSR count). The van der Waals surface area contributed by atoms with Gasteiger partial charge in [-0.2, -0.15) is 5.10 Å². The standard InChI is InChI=1S/C30H25F4N3O4S/c1-17-9-22(41-27-6-3-2-5-24(27)32)14-26(34)28(17)37-30(35)23(15-36-37)29(38)20-10-18-12-21(25(33)13-19(18)11-20)16-42(39,40)8-4-7-31/h2-3,5-6,9,11-15H,4,7-8,10,16,35H2,1H3. The van der Waals surface area contributed by atoms with Crippen molar-refractivity contribution in [1.29, 1.82) is 0 Å². The number of fused-ring (bicyclic) bond motifs is 1. The number of nitrogen functional groups attached to an aromatic ring is 1. The van der Waals surface area contributed by atoms with Gasteiger partial charge >= 0.3 is 0 Å². The van der Waals surface area contributed by atoms with Crippen LogP contribution in [0.1, 0.15) is 39.0 Å². The third-order valence-corrected chi connectivity index (χ3v) is 8.49. The first-order valence-corrected chi connectivity index (χ1v) is 14.7. The molecule has 1 aromatic heterocycles. The monoisotopic (exact) mass is 599 g/mol. The molecule has 0 unspecified atom stereocenters. The number of alkyl halides is 1. The van der Waals surface area contributed by atoms with Crippen molar-refractivity contribution in [2.75, 3.05) is 18.2 Å². The molecule has 0 bridgehead atoms. The zero-order chi connectivity index (χ0) is 30.2. The molecule has 2 N–H and O–H groups in total. The third-order valence-electron chi connectivity index (χ3n) is 6.83. The van der Waals surface area contributed by atoms with Gasteiger partial charge in [0.05, 0.1) is 29.9 Å². The van der Waals surface area contributed by atoms with Crippen LogP contribution in [0.2, 0.25) is 0 Å². The number of para-hydroxylation sites is 1. The molecule has 0 amide bonds. The summed E-state index contributed by atoms with van der Waals surface area (Å²) in [7, 11) is -3.71. The molecule has 0 saturated heterocycles. The Labute approximate surface area is 239 Å². The Kier molecular flexibility index (Phi) is 7.91. The number of Topliss-reactive ketones (excluding diaryl/α,β-unsaturated/α-hetero) is 1. The number of allylic oxidation sites excluding steroid dienone is 1. The van der Waals surface area contributed by atoms with E-state index in [9.17, 15) is 26.4 Å². The van der Waals surface area contributed by atoms with Gasteiger partial charge in [-0.05, 0) is 60.4 Å². The fraction of sp³-hybridized carbons (Fsp3) is 0.200. The number of ether oxygens (including phenoxy) is 1. The van der Waals surface area contributed by atoms with Gasteiger partial charge in [-0.1, -0.05) is 18.2 Å². The van der Waals surface area contributed by atoms with Crippen LogP contribution in [0.25, 0.3) is 11.8 Å². The van der Waals surface area contributed by atoms with Crippen LogP contribution in [0.4, 0.5) is 23.4 Å². The highest BCUT2D eigenvalue weighted by Gasteiger charge is 2.27. The number of rotatable bonds is 10. The summed E-state index contributed by atoms with van der Waals surface area (Å²) in [5.41, 5.74) is 7.72. The van der Waals surface area contributed by atoms with E-state index in [4.69, 9.17) is 10.5 Å². The quantitative estimate of drug-likeness (QED) is 0.175. The highest BCUT2D eigenvalue weighted by molar-refractivity contribution is 7.90. The summed E-state index contributed by atoms with van der Waals surface area (Å²) in [6.45, 7) is 0.789. The minimum atomic E-state index is -3.71. The summed E-state index contributed by atoms with van der Waals surface area (Å²) in [5, 5.41) is 4.12. The number of hydrogen-bond acceptors (Lipinski definition) is 6. The van der Waals surface area contributed by atoms with Crippen molar-refractivity contribution in [1.82, 2.24) is 9.78 Å². The normalized spacial score (nSPS) is 12.7. The third kappa shape index (κ3) is 5.80. The Morgan fingerprint density at radius 1 is 1.07 bits per heavy atom. The number of carbonyl (C=O) groups excluding carboxylic acids is 1. The number of aryl methyl sites for hydroxylation is 1. The summed E-state index contributed by atoms with van der Waals surface area (Å²) < 4.78 is 87.3. The maximum absolute atomic E-state index is 15.2. The summed E-state index contributed by atoms with van der Waals surface area (Å²) >= 11 is 0. The number of carbonyl (C=O) groups is 1. The van der Waals surface area contributed by atoms with Gasteiger partial charge in [0.2, 0.25) is 0 Å². The molecule has 4 aromatic rings. The average molecular weight is 600 g/mol. The van der Waals surface area contributed by atoms with Gasteiger partial charge in [0.25, 0.3) is 0 Å². The molecule has 0 spiro atoms. The predicted octanol–water partition coefficient (Wildman–Crippen LogP) is 6.07. The van der Waals surface area contributed by atoms with Crippen LogP contribution in [0.3, 0.4) is 0 Å². The van der Waals surface area contributed by atoms with Crippen molar-refractivity contribution in [2.45, 2.75) is 25.5 Å². The van der Waals surface area contributed by atoms with Crippen LogP contribution in [0.15, 0.2) is 60.3 Å². The lowest BCUT2D eigenvalue weighted by Gasteiger charge is -2.13.